The van der Waals surface area contributed by atoms with Gasteiger partial charge >= 0.3 is 0 Å². The molecule has 1 nitrogen and oxygen atoms in total. The van der Waals surface area contributed by atoms with E-state index < -0.39 is 0 Å². The van der Waals surface area contributed by atoms with E-state index in [1.165, 1.54) is 19.3 Å². The van der Waals surface area contributed by atoms with Gasteiger partial charge in [0.25, 0.3) is 0 Å². The van der Waals surface area contributed by atoms with E-state index in [0.29, 0.717) is 5.92 Å². The van der Waals surface area contributed by atoms with Gasteiger partial charge in [0.05, 0.1) is 0 Å². The molecule has 1 N–H and O–H groups in total. The highest BCUT2D eigenvalue weighted by atomic mass is 14.8. The smallest absolute Gasteiger partial charge is 0.0296 e. The van der Waals surface area contributed by atoms with E-state index in [0.717, 1.165) is 13.1 Å². The van der Waals surface area contributed by atoms with Crippen molar-refractivity contribution in [2.75, 3.05) is 13.1 Å². The van der Waals surface area contributed by atoms with E-state index >= 15 is 0 Å². The number of hydrogen-bond acceptors (Lipinski definition) is 1. The standard InChI is InChI=1S/C10H19N/c1-4-6-7-8-11-9-10(3)5-2/h2,10-11H,4,6-9H2,1,3H3. The Morgan fingerprint density at radius 2 is 2.18 bits per heavy atom. The highest BCUT2D eigenvalue weighted by Crippen LogP contribution is 1.92. The maximum absolute atomic E-state index is 5.22. The minimum absolute atomic E-state index is 0.372. The molecule has 0 aliphatic rings. The first kappa shape index (κ1) is 10.5. The van der Waals surface area contributed by atoms with Gasteiger partial charge in [-0.05, 0) is 13.0 Å². The van der Waals surface area contributed by atoms with Gasteiger partial charge in [0.15, 0.2) is 0 Å². The van der Waals surface area contributed by atoms with Crippen LogP contribution in [0.25, 0.3) is 0 Å². The Morgan fingerprint density at radius 3 is 2.73 bits per heavy atom. The molecule has 64 valence electrons. The van der Waals surface area contributed by atoms with Gasteiger partial charge in [0, 0.05) is 12.5 Å². The summed E-state index contributed by atoms with van der Waals surface area (Å²) >= 11 is 0. The van der Waals surface area contributed by atoms with Gasteiger partial charge in [-0.3, -0.25) is 0 Å². The predicted octanol–water partition coefficient (Wildman–Crippen LogP) is 2.04. The van der Waals surface area contributed by atoms with Crippen LogP contribution in [0, 0.1) is 18.3 Å². The normalized spacial score (nSPS) is 12.5. The van der Waals surface area contributed by atoms with Crippen LogP contribution < -0.4 is 5.32 Å². The number of hydrogen-bond donors (Lipinski definition) is 1. The summed E-state index contributed by atoms with van der Waals surface area (Å²) in [6.07, 6.45) is 9.10. The van der Waals surface area contributed by atoms with Gasteiger partial charge in [-0.25, -0.2) is 0 Å². The van der Waals surface area contributed by atoms with Crippen LogP contribution >= 0.6 is 0 Å². The van der Waals surface area contributed by atoms with Gasteiger partial charge in [-0.2, -0.15) is 0 Å². The number of nitrogens with one attached hydrogen (secondary N) is 1. The first-order valence-corrected chi connectivity index (χ1v) is 4.48. The summed E-state index contributed by atoms with van der Waals surface area (Å²) in [5, 5.41) is 3.33. The fourth-order valence-electron chi connectivity index (χ4n) is 0.877. The molecule has 0 aromatic heterocycles. The maximum Gasteiger partial charge on any atom is 0.0296 e. The van der Waals surface area contributed by atoms with Crippen LogP contribution in [0.15, 0.2) is 0 Å². The molecule has 0 saturated carbocycles. The minimum Gasteiger partial charge on any atom is -0.316 e. The van der Waals surface area contributed by atoms with Crippen LogP contribution in [0.2, 0.25) is 0 Å². The van der Waals surface area contributed by atoms with Gasteiger partial charge in [0.2, 0.25) is 0 Å². The van der Waals surface area contributed by atoms with Crippen LogP contribution in [0.5, 0.6) is 0 Å². The fourth-order valence-corrected chi connectivity index (χ4v) is 0.877. The Balaban J connectivity index is 2.97. The molecule has 0 aromatic carbocycles. The zero-order chi connectivity index (χ0) is 8.53. The lowest BCUT2D eigenvalue weighted by molar-refractivity contribution is 0.572. The second kappa shape index (κ2) is 7.63. The molecule has 0 spiro atoms. The average molecular weight is 153 g/mol. The molecule has 0 bridgehead atoms. The first-order valence-electron chi connectivity index (χ1n) is 4.48. The Labute approximate surface area is 70.6 Å². The molecule has 0 saturated heterocycles. The van der Waals surface area contributed by atoms with E-state index in [2.05, 4.69) is 25.1 Å². The SMILES string of the molecule is C#CC(C)CNCCCCC. The molecule has 0 radical (unpaired) electrons. The van der Waals surface area contributed by atoms with Gasteiger partial charge < -0.3 is 5.32 Å². The summed E-state index contributed by atoms with van der Waals surface area (Å²) in [5.41, 5.74) is 0. The largest absolute Gasteiger partial charge is 0.316 e. The second-order valence-corrected chi connectivity index (χ2v) is 2.98. The summed E-state index contributed by atoms with van der Waals surface area (Å²) in [5.74, 6) is 3.07. The van der Waals surface area contributed by atoms with Crippen LogP contribution in [-0.2, 0) is 0 Å². The van der Waals surface area contributed by atoms with Crippen LogP contribution in [0.1, 0.15) is 33.1 Å². The molecule has 0 amide bonds. The number of rotatable bonds is 6. The van der Waals surface area contributed by atoms with Crippen molar-refractivity contribution in [3.05, 3.63) is 0 Å². The Hall–Kier alpha value is -0.480. The molecule has 0 aliphatic carbocycles. The zero-order valence-electron chi connectivity index (χ0n) is 7.69. The Morgan fingerprint density at radius 1 is 1.45 bits per heavy atom. The molecule has 0 rings (SSSR count). The van der Waals surface area contributed by atoms with Crippen molar-refractivity contribution in [1.82, 2.24) is 5.32 Å². The Kier molecular flexibility index (Phi) is 7.29. The van der Waals surface area contributed by atoms with Gasteiger partial charge in [-0.15, -0.1) is 12.3 Å². The summed E-state index contributed by atoms with van der Waals surface area (Å²) in [4.78, 5) is 0. The summed E-state index contributed by atoms with van der Waals surface area (Å²) in [6, 6.07) is 0. The molecule has 0 aliphatic heterocycles. The third-order valence-electron chi connectivity index (χ3n) is 1.69. The van der Waals surface area contributed by atoms with Crippen molar-refractivity contribution in [3.63, 3.8) is 0 Å². The summed E-state index contributed by atoms with van der Waals surface area (Å²) in [6.45, 7) is 6.34. The zero-order valence-corrected chi connectivity index (χ0v) is 7.69. The quantitative estimate of drug-likeness (QED) is 0.455. The second-order valence-electron chi connectivity index (χ2n) is 2.98. The van der Waals surface area contributed by atoms with Crippen molar-refractivity contribution >= 4 is 0 Å². The maximum atomic E-state index is 5.22. The molecule has 0 fully saturated rings. The molecule has 1 heteroatoms. The van der Waals surface area contributed by atoms with Crippen molar-refractivity contribution < 1.29 is 0 Å². The summed E-state index contributed by atoms with van der Waals surface area (Å²) < 4.78 is 0. The molecular weight excluding hydrogens is 134 g/mol. The van der Waals surface area contributed by atoms with Crippen LogP contribution in [-0.4, -0.2) is 13.1 Å². The molecule has 1 unspecified atom stereocenters. The number of terminal acetylenes is 1. The molecule has 1 atom stereocenters. The van der Waals surface area contributed by atoms with Crippen LogP contribution in [0.3, 0.4) is 0 Å². The van der Waals surface area contributed by atoms with E-state index in [1.54, 1.807) is 0 Å². The average Bonchev–Trinajstić information content (AvgIpc) is 2.04. The van der Waals surface area contributed by atoms with Gasteiger partial charge in [0.1, 0.15) is 0 Å². The minimum atomic E-state index is 0.372. The molecule has 0 aromatic rings. The van der Waals surface area contributed by atoms with Crippen molar-refractivity contribution in [2.24, 2.45) is 5.92 Å². The molecular formula is C10H19N. The molecule has 11 heavy (non-hydrogen) atoms. The molecule has 0 heterocycles. The first-order chi connectivity index (χ1) is 5.31. The fraction of sp³-hybridized carbons (Fsp3) is 0.800. The lowest BCUT2D eigenvalue weighted by Gasteiger charge is -2.05. The van der Waals surface area contributed by atoms with Crippen molar-refractivity contribution in [3.8, 4) is 12.3 Å². The topological polar surface area (TPSA) is 12.0 Å². The lowest BCUT2D eigenvalue weighted by Crippen LogP contribution is -2.21. The monoisotopic (exact) mass is 153 g/mol. The van der Waals surface area contributed by atoms with E-state index in [9.17, 15) is 0 Å². The van der Waals surface area contributed by atoms with Crippen LogP contribution in [0.4, 0.5) is 0 Å². The third-order valence-corrected chi connectivity index (χ3v) is 1.69. The summed E-state index contributed by atoms with van der Waals surface area (Å²) in [7, 11) is 0. The lowest BCUT2D eigenvalue weighted by atomic mass is 10.2. The van der Waals surface area contributed by atoms with E-state index in [4.69, 9.17) is 6.42 Å². The van der Waals surface area contributed by atoms with Crippen molar-refractivity contribution in [2.45, 2.75) is 33.1 Å². The number of unbranched alkanes of at least 4 members (excludes halogenated alkanes) is 2. The van der Waals surface area contributed by atoms with Crippen molar-refractivity contribution in [1.29, 1.82) is 0 Å². The van der Waals surface area contributed by atoms with E-state index in [-0.39, 0.29) is 0 Å². The highest BCUT2D eigenvalue weighted by molar-refractivity contribution is 4.91. The third kappa shape index (κ3) is 7.42. The Bertz CT molecular complexity index is 113. The predicted molar refractivity (Wildman–Crippen MR) is 50.4 cm³/mol. The van der Waals surface area contributed by atoms with E-state index in [1.807, 2.05) is 0 Å². The highest BCUT2D eigenvalue weighted by Gasteiger charge is 1.93. The van der Waals surface area contributed by atoms with Gasteiger partial charge in [-0.1, -0.05) is 26.7 Å².